The Labute approximate surface area is 114 Å². The van der Waals surface area contributed by atoms with Crippen molar-refractivity contribution in [2.75, 3.05) is 13.1 Å². The molecule has 19 heavy (non-hydrogen) atoms. The number of nitrogens with one attached hydrogen (secondary N) is 1. The third-order valence-electron chi connectivity index (χ3n) is 2.50. The van der Waals surface area contributed by atoms with Gasteiger partial charge in [0.2, 0.25) is 11.8 Å². The van der Waals surface area contributed by atoms with Crippen LogP contribution in [-0.4, -0.2) is 46.9 Å². The first kappa shape index (κ1) is 17.4. The Bertz CT molecular complexity index is 327. The molecule has 110 valence electrons. The van der Waals surface area contributed by atoms with E-state index in [1.165, 1.54) is 4.90 Å². The van der Waals surface area contributed by atoms with Gasteiger partial charge in [0.05, 0.1) is 0 Å². The van der Waals surface area contributed by atoms with Crippen molar-refractivity contribution >= 4 is 17.8 Å². The number of carbonyl (C=O) groups is 3. The molecule has 2 amide bonds. The quantitative estimate of drug-likeness (QED) is 0.686. The molecule has 0 spiro atoms. The highest BCUT2D eigenvalue weighted by molar-refractivity contribution is 5.82. The van der Waals surface area contributed by atoms with E-state index in [0.717, 1.165) is 0 Å². The van der Waals surface area contributed by atoms with E-state index in [2.05, 4.69) is 5.32 Å². The van der Waals surface area contributed by atoms with E-state index in [9.17, 15) is 14.4 Å². The van der Waals surface area contributed by atoms with Crippen LogP contribution in [0.1, 0.15) is 40.5 Å². The number of hydrogen-bond donors (Lipinski definition) is 2. The minimum absolute atomic E-state index is 0.0860. The van der Waals surface area contributed by atoms with Gasteiger partial charge in [-0.3, -0.25) is 14.4 Å². The van der Waals surface area contributed by atoms with Crippen molar-refractivity contribution in [1.29, 1.82) is 0 Å². The predicted molar refractivity (Wildman–Crippen MR) is 71.6 cm³/mol. The third kappa shape index (κ3) is 8.18. The van der Waals surface area contributed by atoms with Crippen LogP contribution in [0.2, 0.25) is 0 Å². The number of hydrogen-bond acceptors (Lipinski definition) is 3. The molecule has 0 saturated heterocycles. The van der Waals surface area contributed by atoms with Gasteiger partial charge in [-0.25, -0.2) is 0 Å². The summed E-state index contributed by atoms with van der Waals surface area (Å²) in [6, 6.07) is -0.171. The van der Waals surface area contributed by atoms with Gasteiger partial charge < -0.3 is 15.3 Å². The van der Waals surface area contributed by atoms with E-state index >= 15 is 0 Å². The smallest absolute Gasteiger partial charge is 0.323 e. The largest absolute Gasteiger partial charge is 0.480 e. The first-order valence-corrected chi connectivity index (χ1v) is 6.52. The number of carboxylic acids is 1. The zero-order valence-corrected chi connectivity index (χ0v) is 12.1. The highest BCUT2D eigenvalue weighted by atomic mass is 16.4. The molecule has 0 aromatic heterocycles. The first-order valence-electron chi connectivity index (χ1n) is 6.52. The van der Waals surface area contributed by atoms with Crippen LogP contribution in [0.4, 0.5) is 0 Å². The van der Waals surface area contributed by atoms with Gasteiger partial charge in [-0.1, -0.05) is 13.8 Å². The minimum Gasteiger partial charge on any atom is -0.480 e. The van der Waals surface area contributed by atoms with Gasteiger partial charge in [0.1, 0.15) is 6.54 Å². The Morgan fingerprint density at radius 1 is 1.16 bits per heavy atom. The molecule has 0 aliphatic rings. The molecule has 0 aliphatic heterocycles. The lowest BCUT2D eigenvalue weighted by atomic mass is 10.1. The molecule has 0 atom stereocenters. The van der Waals surface area contributed by atoms with E-state index in [4.69, 9.17) is 5.11 Å². The molecule has 0 bridgehead atoms. The zero-order valence-electron chi connectivity index (χ0n) is 12.1. The van der Waals surface area contributed by atoms with Gasteiger partial charge in [0.15, 0.2) is 0 Å². The van der Waals surface area contributed by atoms with Crippen molar-refractivity contribution in [3.8, 4) is 0 Å². The number of carboxylic acid groups (broad SMARTS) is 1. The van der Waals surface area contributed by atoms with E-state index in [1.54, 1.807) is 13.8 Å². The van der Waals surface area contributed by atoms with Gasteiger partial charge in [0, 0.05) is 25.4 Å². The summed E-state index contributed by atoms with van der Waals surface area (Å²) >= 11 is 0. The van der Waals surface area contributed by atoms with Crippen LogP contribution in [0.25, 0.3) is 0 Å². The molecular weight excluding hydrogens is 248 g/mol. The fraction of sp³-hybridized carbons (Fsp3) is 0.769. The number of amides is 2. The summed E-state index contributed by atoms with van der Waals surface area (Å²) < 4.78 is 0. The van der Waals surface area contributed by atoms with Gasteiger partial charge >= 0.3 is 5.97 Å². The van der Waals surface area contributed by atoms with Crippen molar-refractivity contribution in [3.05, 3.63) is 0 Å². The van der Waals surface area contributed by atoms with Crippen LogP contribution < -0.4 is 5.32 Å². The van der Waals surface area contributed by atoms with Crippen LogP contribution in [0.15, 0.2) is 0 Å². The van der Waals surface area contributed by atoms with Crippen molar-refractivity contribution in [2.24, 2.45) is 5.92 Å². The molecular formula is C13H24N2O4. The second-order valence-electron chi connectivity index (χ2n) is 5.21. The van der Waals surface area contributed by atoms with E-state index in [-0.39, 0.29) is 43.3 Å². The first-order chi connectivity index (χ1) is 8.73. The van der Waals surface area contributed by atoms with Crippen LogP contribution in [0.3, 0.4) is 0 Å². The van der Waals surface area contributed by atoms with Crippen LogP contribution >= 0.6 is 0 Å². The van der Waals surface area contributed by atoms with Crippen LogP contribution in [0.5, 0.6) is 0 Å². The second-order valence-corrected chi connectivity index (χ2v) is 5.21. The normalized spacial score (nSPS) is 10.6. The van der Waals surface area contributed by atoms with Crippen molar-refractivity contribution < 1.29 is 19.5 Å². The Morgan fingerprint density at radius 2 is 1.74 bits per heavy atom. The topological polar surface area (TPSA) is 86.7 Å². The molecule has 0 rings (SSSR count). The van der Waals surface area contributed by atoms with Crippen molar-refractivity contribution in [1.82, 2.24) is 10.2 Å². The predicted octanol–water partition coefficient (Wildman–Crippen LogP) is 0.860. The Morgan fingerprint density at radius 3 is 2.16 bits per heavy atom. The van der Waals surface area contributed by atoms with E-state index in [0.29, 0.717) is 6.42 Å². The maximum atomic E-state index is 11.8. The zero-order chi connectivity index (χ0) is 15.0. The van der Waals surface area contributed by atoms with E-state index < -0.39 is 5.97 Å². The molecule has 0 aromatic rings. The molecule has 2 N–H and O–H groups in total. The fourth-order valence-corrected chi connectivity index (χ4v) is 1.60. The highest BCUT2D eigenvalue weighted by Gasteiger charge is 2.19. The SMILES string of the molecule is CC(C)CC(=O)NCCC(=O)N(CC(=O)O)C(C)C. The molecule has 6 heteroatoms. The average molecular weight is 272 g/mol. The Kier molecular flexibility index (Phi) is 7.79. The van der Waals surface area contributed by atoms with Crippen molar-refractivity contribution in [3.63, 3.8) is 0 Å². The van der Waals surface area contributed by atoms with Gasteiger partial charge in [-0.15, -0.1) is 0 Å². The minimum atomic E-state index is -1.04. The third-order valence-corrected chi connectivity index (χ3v) is 2.50. The summed E-state index contributed by atoms with van der Waals surface area (Å²) in [6.07, 6.45) is 0.548. The van der Waals surface area contributed by atoms with E-state index in [1.807, 2.05) is 13.8 Å². The summed E-state index contributed by atoms with van der Waals surface area (Å²) in [7, 11) is 0. The number of carbonyl (C=O) groups excluding carboxylic acids is 2. The molecule has 0 saturated carbocycles. The summed E-state index contributed by atoms with van der Waals surface area (Å²) in [5.41, 5.74) is 0. The molecule has 0 radical (unpaired) electrons. The van der Waals surface area contributed by atoms with Gasteiger partial charge in [-0.2, -0.15) is 0 Å². The maximum absolute atomic E-state index is 11.8. The number of nitrogens with zero attached hydrogens (tertiary/aromatic N) is 1. The molecule has 0 unspecified atom stereocenters. The summed E-state index contributed by atoms with van der Waals surface area (Å²) in [4.78, 5) is 35.2. The lowest BCUT2D eigenvalue weighted by Gasteiger charge is -2.24. The molecule has 0 fully saturated rings. The fourth-order valence-electron chi connectivity index (χ4n) is 1.60. The van der Waals surface area contributed by atoms with Crippen LogP contribution in [0, 0.1) is 5.92 Å². The van der Waals surface area contributed by atoms with Gasteiger partial charge in [-0.05, 0) is 19.8 Å². The lowest BCUT2D eigenvalue weighted by molar-refractivity contribution is -0.145. The average Bonchev–Trinajstić information content (AvgIpc) is 2.23. The Hall–Kier alpha value is -1.59. The van der Waals surface area contributed by atoms with Crippen molar-refractivity contribution in [2.45, 2.75) is 46.6 Å². The molecule has 0 heterocycles. The standard InChI is InChI=1S/C13H24N2O4/c1-9(2)7-11(16)14-6-5-12(17)15(10(3)4)8-13(18)19/h9-10H,5-8H2,1-4H3,(H,14,16)(H,18,19). The maximum Gasteiger partial charge on any atom is 0.323 e. The molecule has 0 aliphatic carbocycles. The summed E-state index contributed by atoms with van der Waals surface area (Å²) in [6.45, 7) is 7.34. The summed E-state index contributed by atoms with van der Waals surface area (Å²) in [5.74, 6) is -1.11. The van der Waals surface area contributed by atoms with Crippen LogP contribution in [-0.2, 0) is 14.4 Å². The lowest BCUT2D eigenvalue weighted by Crippen LogP contribution is -2.42. The molecule has 6 nitrogen and oxygen atoms in total. The Balaban J connectivity index is 4.13. The van der Waals surface area contributed by atoms with Gasteiger partial charge in [0.25, 0.3) is 0 Å². The summed E-state index contributed by atoms with van der Waals surface area (Å²) in [5, 5.41) is 11.4. The highest BCUT2D eigenvalue weighted by Crippen LogP contribution is 2.02. The second kappa shape index (κ2) is 8.50. The number of rotatable bonds is 8. The monoisotopic (exact) mass is 272 g/mol. The number of aliphatic carboxylic acids is 1. The molecule has 0 aromatic carbocycles.